The number of aliphatic carboxylic acids is 1. The molecule has 0 aromatic rings. The van der Waals surface area contributed by atoms with Crippen molar-refractivity contribution in [2.45, 2.75) is 90.3 Å². The van der Waals surface area contributed by atoms with Crippen molar-refractivity contribution in [2.75, 3.05) is 0 Å². The molecule has 2 N–H and O–H groups in total. The van der Waals surface area contributed by atoms with E-state index < -0.39 is 41.3 Å². The van der Waals surface area contributed by atoms with Gasteiger partial charge in [0.1, 0.15) is 23.5 Å². The van der Waals surface area contributed by atoms with Crippen LogP contribution in [0, 0.1) is 5.92 Å². The van der Waals surface area contributed by atoms with E-state index in [9.17, 15) is 24.6 Å². The average Bonchev–Trinajstić information content (AvgIpc) is 2.97. The number of esters is 1. The number of ether oxygens (including phenoxy) is 3. The third-order valence-corrected chi connectivity index (χ3v) is 5.78. The molecule has 4 atom stereocenters. The summed E-state index contributed by atoms with van der Waals surface area (Å²) in [5, 5.41) is 20.2. The maximum absolute atomic E-state index is 12.2. The van der Waals surface area contributed by atoms with Crippen LogP contribution in [0.15, 0.2) is 35.6 Å². The van der Waals surface area contributed by atoms with Gasteiger partial charge in [-0.15, -0.1) is 0 Å². The van der Waals surface area contributed by atoms with Crippen molar-refractivity contribution in [1.82, 2.24) is 0 Å². The van der Waals surface area contributed by atoms with Crippen LogP contribution in [0.3, 0.4) is 0 Å². The quantitative estimate of drug-likeness (QED) is 0.178. The van der Waals surface area contributed by atoms with Crippen LogP contribution in [0.25, 0.3) is 0 Å². The number of aliphatic hydroxyl groups is 1. The van der Waals surface area contributed by atoms with E-state index in [-0.39, 0.29) is 30.1 Å². The average molecular weight is 451 g/mol. The maximum Gasteiger partial charge on any atom is 0.345 e. The molecule has 0 aromatic carbocycles. The minimum absolute atomic E-state index is 0.0418. The summed E-state index contributed by atoms with van der Waals surface area (Å²) in [6.07, 6.45) is 3.51. The smallest absolute Gasteiger partial charge is 0.345 e. The Balaban J connectivity index is 2.06. The predicted molar refractivity (Wildman–Crippen MR) is 117 cm³/mol. The normalized spacial score (nSPS) is 30.3. The van der Waals surface area contributed by atoms with E-state index in [4.69, 9.17) is 14.2 Å². The molecular weight excluding hydrogens is 416 g/mol. The van der Waals surface area contributed by atoms with Gasteiger partial charge < -0.3 is 24.4 Å². The minimum Gasteiger partial charge on any atom is -0.511 e. The molecule has 32 heavy (non-hydrogen) atoms. The maximum atomic E-state index is 12.2. The second-order valence-electron chi connectivity index (χ2n) is 9.05. The van der Waals surface area contributed by atoms with E-state index in [1.807, 2.05) is 13.8 Å². The highest BCUT2D eigenvalue weighted by Crippen LogP contribution is 2.42. The van der Waals surface area contributed by atoms with Gasteiger partial charge in [-0.3, -0.25) is 4.79 Å². The first kappa shape index (κ1) is 25.8. The molecule has 0 spiro atoms. The van der Waals surface area contributed by atoms with E-state index in [0.717, 1.165) is 6.42 Å². The molecule has 0 radical (unpaired) electrons. The Morgan fingerprint density at radius 3 is 2.50 bits per heavy atom. The molecule has 178 valence electrons. The van der Waals surface area contributed by atoms with Crippen molar-refractivity contribution in [2.24, 2.45) is 5.92 Å². The van der Waals surface area contributed by atoms with Gasteiger partial charge in [0, 0.05) is 12.8 Å². The van der Waals surface area contributed by atoms with Gasteiger partial charge in [-0.1, -0.05) is 38.5 Å². The van der Waals surface area contributed by atoms with E-state index in [1.165, 1.54) is 6.08 Å². The van der Waals surface area contributed by atoms with Crippen LogP contribution < -0.4 is 0 Å². The minimum atomic E-state index is -1.61. The standard InChI is InChI=1S/C24H34O8/c1-7-15(3)20-24(22(28)29,32-23(5,6)31-20)12-8-9-14(2)10-11-17(25)19-18(26)13-16(4)30-21(19)27/h8,12,15-16,20,25H,2,7,9-11,13H2,1,3-6H3,(H,28,29)/b12-8+,19-17-/t15-,16+,20+,24-/m0/s1. The van der Waals surface area contributed by atoms with Gasteiger partial charge in [0.05, 0.1) is 0 Å². The Morgan fingerprint density at radius 2 is 1.94 bits per heavy atom. The van der Waals surface area contributed by atoms with E-state index in [1.54, 1.807) is 26.8 Å². The number of carboxylic acid groups (broad SMARTS) is 1. The molecule has 0 amide bonds. The van der Waals surface area contributed by atoms with Gasteiger partial charge in [0.15, 0.2) is 11.6 Å². The molecule has 8 nitrogen and oxygen atoms in total. The summed E-state index contributed by atoms with van der Waals surface area (Å²) in [5.41, 5.74) is -1.22. The number of carbonyl (C=O) groups excluding carboxylic acids is 2. The summed E-state index contributed by atoms with van der Waals surface area (Å²) in [6.45, 7) is 12.8. The lowest BCUT2D eigenvalue weighted by Crippen LogP contribution is -2.49. The van der Waals surface area contributed by atoms with Gasteiger partial charge in [-0.25, -0.2) is 9.59 Å². The van der Waals surface area contributed by atoms with Crippen LogP contribution in [0.2, 0.25) is 0 Å². The monoisotopic (exact) mass is 450 g/mol. The highest BCUT2D eigenvalue weighted by Gasteiger charge is 2.58. The molecule has 0 aliphatic carbocycles. The lowest BCUT2D eigenvalue weighted by Gasteiger charge is -2.29. The number of hydrogen-bond acceptors (Lipinski definition) is 7. The van der Waals surface area contributed by atoms with E-state index in [2.05, 4.69) is 6.58 Å². The van der Waals surface area contributed by atoms with Crippen molar-refractivity contribution in [3.63, 3.8) is 0 Å². The molecule has 0 unspecified atom stereocenters. The number of hydrogen-bond donors (Lipinski definition) is 2. The van der Waals surface area contributed by atoms with Crippen molar-refractivity contribution < 1.29 is 38.8 Å². The molecule has 2 heterocycles. The van der Waals surface area contributed by atoms with Crippen molar-refractivity contribution >= 4 is 17.7 Å². The molecule has 0 bridgehead atoms. The van der Waals surface area contributed by atoms with Gasteiger partial charge in [0.25, 0.3) is 0 Å². The van der Waals surface area contributed by atoms with Crippen LogP contribution in [0.5, 0.6) is 0 Å². The summed E-state index contributed by atoms with van der Waals surface area (Å²) < 4.78 is 16.8. The lowest BCUT2D eigenvalue weighted by atomic mass is 9.85. The SMILES string of the molecule is C=C(C/C=C/[C@]1(C(=O)O)OC(C)(C)O[C@@H]1[C@@H](C)CC)CC/C(O)=C1\C(=O)C[C@@H](C)OC1=O. The summed E-state index contributed by atoms with van der Waals surface area (Å²) >= 11 is 0. The number of carboxylic acids is 1. The molecule has 0 saturated carbocycles. The highest BCUT2D eigenvalue weighted by molar-refractivity contribution is 6.19. The molecule has 8 heteroatoms. The fourth-order valence-electron chi connectivity index (χ4n) is 3.96. The number of aliphatic hydroxyl groups excluding tert-OH is 1. The van der Waals surface area contributed by atoms with E-state index >= 15 is 0 Å². The zero-order valence-corrected chi connectivity index (χ0v) is 19.5. The first-order chi connectivity index (χ1) is 14.8. The Hall–Kier alpha value is -2.45. The Morgan fingerprint density at radius 1 is 1.28 bits per heavy atom. The van der Waals surface area contributed by atoms with Gasteiger partial charge in [0.2, 0.25) is 5.60 Å². The first-order valence-electron chi connectivity index (χ1n) is 10.9. The second-order valence-corrected chi connectivity index (χ2v) is 9.05. The summed E-state index contributed by atoms with van der Waals surface area (Å²) in [7, 11) is 0. The van der Waals surface area contributed by atoms with Crippen LogP contribution in [-0.4, -0.2) is 51.5 Å². The molecule has 0 aromatic heterocycles. The van der Waals surface area contributed by atoms with Gasteiger partial charge in [-0.2, -0.15) is 0 Å². The summed E-state index contributed by atoms with van der Waals surface area (Å²) in [6, 6.07) is 0. The van der Waals surface area contributed by atoms with Gasteiger partial charge >= 0.3 is 11.9 Å². The summed E-state index contributed by atoms with van der Waals surface area (Å²) in [4.78, 5) is 36.2. The van der Waals surface area contributed by atoms with Crippen LogP contribution >= 0.6 is 0 Å². The number of ketones is 1. The summed E-state index contributed by atoms with van der Waals surface area (Å²) in [5.74, 6) is -3.76. The van der Waals surface area contributed by atoms with Gasteiger partial charge in [-0.05, 0) is 45.6 Å². The molecular formula is C24H34O8. The third kappa shape index (κ3) is 5.66. The molecule has 2 aliphatic heterocycles. The molecule has 2 saturated heterocycles. The Kier molecular flexibility index (Phi) is 8.07. The number of rotatable bonds is 9. The number of cyclic esters (lactones) is 1. The Bertz CT molecular complexity index is 817. The largest absolute Gasteiger partial charge is 0.511 e. The zero-order valence-electron chi connectivity index (χ0n) is 19.5. The Labute approximate surface area is 188 Å². The van der Waals surface area contributed by atoms with E-state index in [0.29, 0.717) is 18.4 Å². The fraction of sp³-hybridized carbons (Fsp3) is 0.625. The second kappa shape index (κ2) is 10.0. The molecule has 2 rings (SSSR count). The van der Waals surface area contributed by atoms with Crippen LogP contribution in [-0.2, 0) is 28.6 Å². The number of allylic oxidation sites excluding steroid dienone is 3. The lowest BCUT2D eigenvalue weighted by molar-refractivity contribution is -0.177. The van der Waals surface area contributed by atoms with Crippen molar-refractivity contribution in [3.8, 4) is 0 Å². The van der Waals surface area contributed by atoms with Crippen LogP contribution in [0.1, 0.15) is 66.7 Å². The zero-order chi connectivity index (χ0) is 24.3. The third-order valence-electron chi connectivity index (χ3n) is 5.78. The van der Waals surface area contributed by atoms with Crippen molar-refractivity contribution in [3.05, 3.63) is 35.6 Å². The number of Topliss-reactive ketones (excluding diaryl/α,β-unsaturated/α-hetero) is 1. The predicted octanol–water partition coefficient (Wildman–Crippen LogP) is 4.01. The first-order valence-corrected chi connectivity index (χ1v) is 10.9. The van der Waals surface area contributed by atoms with Crippen molar-refractivity contribution in [1.29, 1.82) is 0 Å². The molecule has 2 fully saturated rings. The number of carbonyl (C=O) groups is 3. The highest BCUT2D eigenvalue weighted by atomic mass is 16.8. The topological polar surface area (TPSA) is 119 Å². The fourth-order valence-corrected chi connectivity index (χ4v) is 3.96. The van der Waals surface area contributed by atoms with Crippen LogP contribution in [0.4, 0.5) is 0 Å². The molecule has 2 aliphatic rings.